The number of amides is 1. The summed E-state index contributed by atoms with van der Waals surface area (Å²) < 4.78 is 0. The minimum Gasteiger partial charge on any atom is -0.389 e. The summed E-state index contributed by atoms with van der Waals surface area (Å²) in [5.74, 6) is -0.165. The molecule has 0 aliphatic heterocycles. The summed E-state index contributed by atoms with van der Waals surface area (Å²) in [4.78, 5) is 12.5. The molecule has 19 heavy (non-hydrogen) atoms. The van der Waals surface area contributed by atoms with Crippen LogP contribution in [0, 0.1) is 6.92 Å². The molecule has 0 unspecified atom stereocenters. The van der Waals surface area contributed by atoms with Gasteiger partial charge in [0, 0.05) is 11.1 Å². The van der Waals surface area contributed by atoms with Crippen LogP contribution in [0.3, 0.4) is 0 Å². The summed E-state index contributed by atoms with van der Waals surface area (Å²) >= 11 is 4.97. The quantitative estimate of drug-likeness (QED) is 0.843. The van der Waals surface area contributed by atoms with Gasteiger partial charge in [0.1, 0.15) is 4.99 Å². The molecule has 4 heteroatoms. The molecule has 2 aromatic rings. The van der Waals surface area contributed by atoms with Crippen molar-refractivity contribution < 1.29 is 4.79 Å². The number of carbonyl (C=O) groups is 1. The summed E-state index contributed by atoms with van der Waals surface area (Å²) in [7, 11) is 0. The van der Waals surface area contributed by atoms with Crippen molar-refractivity contribution in [2.45, 2.75) is 6.92 Å². The van der Waals surface area contributed by atoms with Gasteiger partial charge in [0.2, 0.25) is 0 Å². The molecule has 0 heterocycles. The van der Waals surface area contributed by atoms with E-state index in [1.165, 1.54) is 0 Å². The number of aryl methyl sites for hydroxylation is 1. The van der Waals surface area contributed by atoms with Crippen LogP contribution in [0.5, 0.6) is 0 Å². The van der Waals surface area contributed by atoms with Gasteiger partial charge in [0.15, 0.2) is 0 Å². The van der Waals surface area contributed by atoms with E-state index in [4.69, 9.17) is 18.0 Å². The Bertz CT molecular complexity index is 638. The Hall–Kier alpha value is -2.20. The van der Waals surface area contributed by atoms with Crippen molar-refractivity contribution >= 4 is 28.8 Å². The molecule has 1 amide bonds. The fourth-order valence-corrected chi connectivity index (χ4v) is 2.00. The van der Waals surface area contributed by atoms with Crippen molar-refractivity contribution in [3.05, 3.63) is 65.2 Å². The van der Waals surface area contributed by atoms with Crippen LogP contribution in [0.15, 0.2) is 48.5 Å². The van der Waals surface area contributed by atoms with Crippen molar-refractivity contribution in [1.82, 2.24) is 0 Å². The van der Waals surface area contributed by atoms with Gasteiger partial charge in [0.05, 0.1) is 5.69 Å². The molecule has 2 aromatic carbocycles. The number of nitrogens with two attached hydrogens (primary N) is 1. The highest BCUT2D eigenvalue weighted by Crippen LogP contribution is 2.17. The predicted octanol–water partition coefficient (Wildman–Crippen LogP) is 2.88. The van der Waals surface area contributed by atoms with E-state index in [0.717, 1.165) is 5.56 Å². The maximum absolute atomic E-state index is 12.2. The highest BCUT2D eigenvalue weighted by molar-refractivity contribution is 7.80. The van der Waals surface area contributed by atoms with Gasteiger partial charge in [-0.05, 0) is 30.7 Å². The van der Waals surface area contributed by atoms with Crippen molar-refractivity contribution in [2.24, 2.45) is 5.73 Å². The predicted molar refractivity (Wildman–Crippen MR) is 81.5 cm³/mol. The number of nitrogens with one attached hydrogen (secondary N) is 1. The maximum Gasteiger partial charge on any atom is 0.255 e. The van der Waals surface area contributed by atoms with Gasteiger partial charge >= 0.3 is 0 Å². The van der Waals surface area contributed by atoms with Gasteiger partial charge in [-0.1, -0.05) is 42.5 Å². The van der Waals surface area contributed by atoms with E-state index in [2.05, 4.69) is 5.32 Å². The number of thiocarbonyl (C=S) groups is 1. The highest BCUT2D eigenvalue weighted by atomic mass is 32.1. The van der Waals surface area contributed by atoms with E-state index in [-0.39, 0.29) is 10.9 Å². The third-order valence-electron chi connectivity index (χ3n) is 2.83. The Labute approximate surface area is 117 Å². The molecule has 3 nitrogen and oxygen atoms in total. The Morgan fingerprint density at radius 1 is 1.05 bits per heavy atom. The molecule has 3 N–H and O–H groups in total. The topological polar surface area (TPSA) is 55.1 Å². The zero-order chi connectivity index (χ0) is 13.8. The zero-order valence-corrected chi connectivity index (χ0v) is 11.3. The second-order valence-electron chi connectivity index (χ2n) is 4.18. The molecule has 0 saturated carbocycles. The minimum absolute atomic E-state index is 0.165. The number of para-hydroxylation sites is 1. The van der Waals surface area contributed by atoms with E-state index in [1.807, 2.05) is 37.3 Å². The molecule has 0 saturated heterocycles. The lowest BCUT2D eigenvalue weighted by Crippen LogP contribution is -2.18. The smallest absolute Gasteiger partial charge is 0.255 e. The van der Waals surface area contributed by atoms with E-state index in [9.17, 15) is 4.79 Å². The third kappa shape index (κ3) is 2.98. The maximum atomic E-state index is 12.2. The molecule has 0 radical (unpaired) electrons. The lowest BCUT2D eigenvalue weighted by Gasteiger charge is -2.11. The number of hydrogen-bond donors (Lipinski definition) is 2. The number of hydrogen-bond acceptors (Lipinski definition) is 2. The van der Waals surface area contributed by atoms with Crippen LogP contribution in [0.4, 0.5) is 5.69 Å². The molecule has 0 aliphatic carbocycles. The monoisotopic (exact) mass is 270 g/mol. The van der Waals surface area contributed by atoms with Crippen LogP contribution in [0.1, 0.15) is 21.5 Å². The SMILES string of the molecule is Cc1ccccc1C(=O)Nc1ccccc1C(N)=S. The number of carbonyl (C=O) groups excluding carboxylic acids is 1. The highest BCUT2D eigenvalue weighted by Gasteiger charge is 2.11. The first kappa shape index (κ1) is 13.2. The van der Waals surface area contributed by atoms with Crippen LogP contribution >= 0.6 is 12.2 Å². The summed E-state index contributed by atoms with van der Waals surface area (Å²) in [5, 5.41) is 2.84. The molecule has 0 aromatic heterocycles. The second kappa shape index (κ2) is 5.63. The van der Waals surface area contributed by atoms with Gasteiger partial charge in [-0.3, -0.25) is 4.79 Å². The Kier molecular flexibility index (Phi) is 3.92. The fraction of sp³-hybridized carbons (Fsp3) is 0.0667. The molecular weight excluding hydrogens is 256 g/mol. The first-order chi connectivity index (χ1) is 9.09. The van der Waals surface area contributed by atoms with Gasteiger partial charge in [0.25, 0.3) is 5.91 Å². The van der Waals surface area contributed by atoms with Crippen molar-refractivity contribution in [2.75, 3.05) is 5.32 Å². The Morgan fingerprint density at radius 3 is 2.26 bits per heavy atom. The van der Waals surface area contributed by atoms with Gasteiger partial charge in [-0.2, -0.15) is 0 Å². The number of rotatable bonds is 3. The van der Waals surface area contributed by atoms with E-state index in [1.54, 1.807) is 18.2 Å². The molecular formula is C15H14N2OS. The van der Waals surface area contributed by atoms with Gasteiger partial charge in [-0.15, -0.1) is 0 Å². The number of benzene rings is 2. The van der Waals surface area contributed by atoms with Gasteiger partial charge < -0.3 is 11.1 Å². The summed E-state index contributed by atoms with van der Waals surface area (Å²) in [6, 6.07) is 14.6. The average molecular weight is 270 g/mol. The lowest BCUT2D eigenvalue weighted by atomic mass is 10.1. The molecule has 0 spiro atoms. The van der Waals surface area contributed by atoms with Crippen LogP contribution in [0.25, 0.3) is 0 Å². The molecule has 2 rings (SSSR count). The van der Waals surface area contributed by atoms with E-state index < -0.39 is 0 Å². The van der Waals surface area contributed by atoms with E-state index in [0.29, 0.717) is 16.8 Å². The third-order valence-corrected chi connectivity index (χ3v) is 3.05. The van der Waals surface area contributed by atoms with Gasteiger partial charge in [-0.25, -0.2) is 0 Å². The summed E-state index contributed by atoms with van der Waals surface area (Å²) in [6.45, 7) is 1.90. The van der Waals surface area contributed by atoms with Crippen LogP contribution in [0.2, 0.25) is 0 Å². The number of anilines is 1. The Morgan fingerprint density at radius 2 is 1.63 bits per heavy atom. The first-order valence-electron chi connectivity index (χ1n) is 5.85. The van der Waals surface area contributed by atoms with Crippen molar-refractivity contribution in [3.63, 3.8) is 0 Å². The average Bonchev–Trinajstić information content (AvgIpc) is 2.39. The lowest BCUT2D eigenvalue weighted by molar-refractivity contribution is 0.102. The Balaban J connectivity index is 2.30. The standard InChI is InChI=1S/C15H14N2OS/c1-10-6-2-3-7-11(10)15(18)17-13-9-5-4-8-12(13)14(16)19/h2-9H,1H3,(H2,16,19)(H,17,18). The fourth-order valence-electron chi connectivity index (χ4n) is 1.82. The van der Waals surface area contributed by atoms with Crippen LogP contribution < -0.4 is 11.1 Å². The second-order valence-corrected chi connectivity index (χ2v) is 4.62. The van der Waals surface area contributed by atoms with Crippen LogP contribution in [-0.4, -0.2) is 10.9 Å². The molecule has 0 aliphatic rings. The normalized spacial score (nSPS) is 9.95. The largest absolute Gasteiger partial charge is 0.389 e. The molecule has 0 atom stereocenters. The van der Waals surface area contributed by atoms with E-state index >= 15 is 0 Å². The van der Waals surface area contributed by atoms with Crippen molar-refractivity contribution in [3.8, 4) is 0 Å². The minimum atomic E-state index is -0.165. The molecule has 0 fully saturated rings. The van der Waals surface area contributed by atoms with Crippen molar-refractivity contribution in [1.29, 1.82) is 0 Å². The summed E-state index contributed by atoms with van der Waals surface area (Å²) in [6.07, 6.45) is 0. The van der Waals surface area contributed by atoms with Crippen LogP contribution in [-0.2, 0) is 0 Å². The summed E-state index contributed by atoms with van der Waals surface area (Å²) in [5.41, 5.74) is 8.50. The molecule has 96 valence electrons. The first-order valence-corrected chi connectivity index (χ1v) is 6.26. The zero-order valence-electron chi connectivity index (χ0n) is 10.5. The molecule has 0 bridgehead atoms.